The number of carboxylic acids is 1. The maximum absolute atomic E-state index is 10.7. The predicted molar refractivity (Wildman–Crippen MR) is 54.4 cm³/mol. The lowest BCUT2D eigenvalue weighted by molar-refractivity contribution is 0.0697. The fourth-order valence-corrected chi connectivity index (χ4v) is 1.42. The van der Waals surface area contributed by atoms with E-state index in [9.17, 15) is 4.79 Å². The summed E-state index contributed by atoms with van der Waals surface area (Å²) >= 11 is 11.4. The Hall–Kier alpha value is -1.13. The summed E-state index contributed by atoms with van der Waals surface area (Å²) < 4.78 is 4.84. The van der Waals surface area contributed by atoms with Crippen LogP contribution in [-0.4, -0.2) is 18.2 Å². The smallest absolute Gasteiger partial charge is 0.337 e. The van der Waals surface area contributed by atoms with Gasteiger partial charge >= 0.3 is 5.97 Å². The van der Waals surface area contributed by atoms with Crippen molar-refractivity contribution >= 4 is 34.9 Å². The van der Waals surface area contributed by atoms with E-state index in [0.29, 0.717) is 0 Å². The maximum Gasteiger partial charge on any atom is 0.337 e. The lowest BCUT2D eigenvalue weighted by atomic mass is 10.1. The van der Waals surface area contributed by atoms with Crippen molar-refractivity contribution < 1.29 is 14.6 Å². The van der Waals surface area contributed by atoms with Gasteiger partial charge in [0.05, 0.1) is 23.4 Å². The molecule has 1 rings (SSSR count). The average molecular weight is 236 g/mol. The summed E-state index contributed by atoms with van der Waals surface area (Å²) in [5.41, 5.74) is 5.35. The zero-order chi connectivity index (χ0) is 10.9. The van der Waals surface area contributed by atoms with E-state index in [-0.39, 0.29) is 27.0 Å². The molecule has 4 nitrogen and oxygen atoms in total. The normalized spacial score (nSPS) is 9.93. The van der Waals surface area contributed by atoms with Crippen LogP contribution in [0.15, 0.2) is 6.07 Å². The topological polar surface area (TPSA) is 72.5 Å². The van der Waals surface area contributed by atoms with E-state index in [0.717, 1.165) is 0 Å². The third-order valence-electron chi connectivity index (χ3n) is 1.65. The first kappa shape index (κ1) is 10.9. The van der Waals surface area contributed by atoms with E-state index in [1.165, 1.54) is 13.2 Å². The van der Waals surface area contributed by atoms with E-state index in [2.05, 4.69) is 0 Å². The molecule has 0 fully saturated rings. The van der Waals surface area contributed by atoms with E-state index in [4.69, 9.17) is 38.8 Å². The van der Waals surface area contributed by atoms with Crippen molar-refractivity contribution in [1.29, 1.82) is 0 Å². The van der Waals surface area contributed by atoms with Gasteiger partial charge in [0, 0.05) is 0 Å². The third kappa shape index (κ3) is 1.71. The lowest BCUT2D eigenvalue weighted by Crippen LogP contribution is -2.05. The highest BCUT2D eigenvalue weighted by Crippen LogP contribution is 2.39. The number of hydrogen-bond donors (Lipinski definition) is 2. The van der Waals surface area contributed by atoms with Crippen LogP contribution in [0.25, 0.3) is 0 Å². The highest BCUT2D eigenvalue weighted by molar-refractivity contribution is 6.43. The molecule has 0 aliphatic heterocycles. The minimum Gasteiger partial charge on any atom is -0.493 e. The van der Waals surface area contributed by atoms with Crippen LogP contribution in [0.2, 0.25) is 10.0 Å². The van der Waals surface area contributed by atoms with Crippen LogP contribution in [-0.2, 0) is 0 Å². The zero-order valence-corrected chi connectivity index (χ0v) is 8.69. The molecule has 0 unspecified atom stereocenters. The van der Waals surface area contributed by atoms with Crippen LogP contribution in [0.1, 0.15) is 10.4 Å². The monoisotopic (exact) mass is 235 g/mol. The van der Waals surface area contributed by atoms with E-state index in [1.54, 1.807) is 0 Å². The van der Waals surface area contributed by atoms with E-state index >= 15 is 0 Å². The molecule has 3 N–H and O–H groups in total. The maximum atomic E-state index is 10.7. The fourth-order valence-electron chi connectivity index (χ4n) is 0.993. The number of ether oxygens (including phenoxy) is 1. The van der Waals surface area contributed by atoms with Crippen molar-refractivity contribution in [3.05, 3.63) is 21.7 Å². The van der Waals surface area contributed by atoms with Gasteiger partial charge in [-0.05, 0) is 6.07 Å². The Bertz CT molecular complexity index is 393. The van der Waals surface area contributed by atoms with Crippen molar-refractivity contribution in [2.24, 2.45) is 0 Å². The minimum absolute atomic E-state index is 0.0330. The molecule has 14 heavy (non-hydrogen) atoms. The molecule has 6 heteroatoms. The van der Waals surface area contributed by atoms with Gasteiger partial charge in [0.25, 0.3) is 0 Å². The first-order chi connectivity index (χ1) is 6.49. The fraction of sp³-hybridized carbons (Fsp3) is 0.125. The van der Waals surface area contributed by atoms with Crippen LogP contribution in [0.3, 0.4) is 0 Å². The number of aromatic carboxylic acids is 1. The Morgan fingerprint density at radius 2 is 2.14 bits per heavy atom. The minimum atomic E-state index is -1.18. The van der Waals surface area contributed by atoms with Gasteiger partial charge in [0.15, 0.2) is 5.75 Å². The number of halogens is 2. The quantitative estimate of drug-likeness (QED) is 0.772. The summed E-state index contributed by atoms with van der Waals surface area (Å²) in [7, 11) is 1.33. The molecule has 0 aliphatic rings. The van der Waals surface area contributed by atoms with Crippen molar-refractivity contribution in [2.75, 3.05) is 12.8 Å². The Balaban J connectivity index is 3.50. The van der Waals surface area contributed by atoms with Gasteiger partial charge in [-0.3, -0.25) is 0 Å². The molecular weight excluding hydrogens is 229 g/mol. The number of nitrogens with two attached hydrogens (primary N) is 1. The molecule has 0 aromatic heterocycles. The number of rotatable bonds is 2. The molecule has 0 aliphatic carbocycles. The van der Waals surface area contributed by atoms with E-state index in [1.807, 2.05) is 0 Å². The Morgan fingerprint density at radius 1 is 1.57 bits per heavy atom. The number of hydrogen-bond acceptors (Lipinski definition) is 3. The van der Waals surface area contributed by atoms with Gasteiger partial charge in [-0.1, -0.05) is 23.2 Å². The highest BCUT2D eigenvalue weighted by atomic mass is 35.5. The number of carbonyl (C=O) groups is 1. The van der Waals surface area contributed by atoms with Crippen molar-refractivity contribution in [2.45, 2.75) is 0 Å². The summed E-state index contributed by atoms with van der Waals surface area (Å²) in [5, 5.41) is 8.96. The van der Waals surface area contributed by atoms with Gasteiger partial charge in [0.1, 0.15) is 5.02 Å². The molecule has 0 atom stereocenters. The number of anilines is 1. The largest absolute Gasteiger partial charge is 0.493 e. The Labute approximate surface area is 90.2 Å². The first-order valence-electron chi connectivity index (χ1n) is 3.53. The summed E-state index contributed by atoms with van der Waals surface area (Å²) in [4.78, 5) is 10.7. The highest BCUT2D eigenvalue weighted by Gasteiger charge is 2.18. The second-order valence-corrected chi connectivity index (χ2v) is 3.26. The molecular formula is C8H7Cl2NO3. The van der Waals surface area contributed by atoms with Gasteiger partial charge in [0.2, 0.25) is 0 Å². The summed E-state index contributed by atoms with van der Waals surface area (Å²) in [6.07, 6.45) is 0. The first-order valence-corrected chi connectivity index (χ1v) is 4.29. The second kappa shape index (κ2) is 3.94. The molecule has 0 radical (unpaired) electrons. The summed E-state index contributed by atoms with van der Waals surface area (Å²) in [6, 6.07) is 1.18. The Kier molecular flexibility index (Phi) is 3.08. The van der Waals surface area contributed by atoms with Crippen LogP contribution in [0, 0.1) is 0 Å². The van der Waals surface area contributed by atoms with Crippen molar-refractivity contribution in [3.8, 4) is 5.75 Å². The van der Waals surface area contributed by atoms with Crippen LogP contribution in [0.4, 0.5) is 5.69 Å². The standard InChI is InChI=1S/C8H7Cl2NO3/c1-14-7-5(10)4(9)2-3(6(7)11)8(12)13/h2H,11H2,1H3,(H,12,13). The van der Waals surface area contributed by atoms with Crippen molar-refractivity contribution in [1.82, 2.24) is 0 Å². The molecule has 0 bridgehead atoms. The molecule has 0 saturated heterocycles. The molecule has 1 aromatic carbocycles. The third-order valence-corrected chi connectivity index (χ3v) is 2.42. The molecule has 0 amide bonds. The number of benzene rings is 1. The van der Waals surface area contributed by atoms with Crippen LogP contribution >= 0.6 is 23.2 Å². The van der Waals surface area contributed by atoms with Gasteiger partial charge in [-0.15, -0.1) is 0 Å². The van der Waals surface area contributed by atoms with Gasteiger partial charge in [-0.25, -0.2) is 4.79 Å². The van der Waals surface area contributed by atoms with Gasteiger partial charge in [-0.2, -0.15) is 0 Å². The molecule has 0 saturated carbocycles. The molecule has 1 aromatic rings. The SMILES string of the molecule is COc1c(N)c(C(=O)O)cc(Cl)c1Cl. The number of nitrogen functional groups attached to an aromatic ring is 1. The van der Waals surface area contributed by atoms with Gasteiger partial charge < -0.3 is 15.6 Å². The number of methoxy groups -OCH3 is 1. The van der Waals surface area contributed by atoms with Crippen LogP contribution < -0.4 is 10.5 Å². The zero-order valence-electron chi connectivity index (χ0n) is 7.17. The molecule has 0 heterocycles. The number of carboxylic acid groups (broad SMARTS) is 1. The molecule has 76 valence electrons. The average Bonchev–Trinajstić information content (AvgIpc) is 2.12. The second-order valence-electron chi connectivity index (χ2n) is 2.47. The molecule has 0 spiro atoms. The summed E-state index contributed by atoms with van der Waals surface area (Å²) in [5.74, 6) is -1.10. The Morgan fingerprint density at radius 3 is 2.57 bits per heavy atom. The van der Waals surface area contributed by atoms with E-state index < -0.39 is 5.97 Å². The van der Waals surface area contributed by atoms with Crippen LogP contribution in [0.5, 0.6) is 5.75 Å². The van der Waals surface area contributed by atoms with Crippen molar-refractivity contribution in [3.63, 3.8) is 0 Å². The summed E-state index contributed by atoms with van der Waals surface area (Å²) in [6.45, 7) is 0. The predicted octanol–water partition coefficient (Wildman–Crippen LogP) is 2.28. The lowest BCUT2D eigenvalue weighted by Gasteiger charge is -2.10.